The molecule has 1 aromatic rings. The van der Waals surface area contributed by atoms with E-state index in [-0.39, 0.29) is 0 Å². The van der Waals surface area contributed by atoms with Crippen LogP contribution in [-0.4, -0.2) is 12.6 Å². The van der Waals surface area contributed by atoms with Crippen LogP contribution < -0.4 is 11.1 Å². The van der Waals surface area contributed by atoms with Crippen LogP contribution in [0, 0.1) is 5.92 Å². The number of benzene rings is 1. The smallest absolute Gasteiger partial charge is 0.0487 e. The third-order valence-corrected chi connectivity index (χ3v) is 4.13. The predicted octanol–water partition coefficient (Wildman–Crippen LogP) is 3.64. The van der Waals surface area contributed by atoms with Crippen LogP contribution in [0.5, 0.6) is 0 Å². The van der Waals surface area contributed by atoms with Gasteiger partial charge in [0, 0.05) is 21.2 Å². The quantitative estimate of drug-likeness (QED) is 0.894. The number of halogens is 2. The zero-order valence-electron chi connectivity index (χ0n) is 9.05. The first-order valence-corrected chi connectivity index (χ1v) is 6.79. The lowest BCUT2D eigenvalue weighted by molar-refractivity contribution is 0.516. The molecular weight excluding hydrogens is 288 g/mol. The summed E-state index contributed by atoms with van der Waals surface area (Å²) in [5.41, 5.74) is 6.87. The highest BCUT2D eigenvalue weighted by Gasteiger charge is 2.26. The molecule has 88 valence electrons. The summed E-state index contributed by atoms with van der Waals surface area (Å²) in [5, 5.41) is 4.30. The van der Waals surface area contributed by atoms with Crippen LogP contribution >= 0.6 is 27.5 Å². The Hall–Kier alpha value is -0.250. The molecule has 2 rings (SSSR count). The lowest BCUT2D eigenvalue weighted by Crippen LogP contribution is -2.29. The van der Waals surface area contributed by atoms with Gasteiger partial charge in [0.25, 0.3) is 0 Å². The summed E-state index contributed by atoms with van der Waals surface area (Å²) in [7, 11) is 0. The molecule has 3 N–H and O–H groups in total. The van der Waals surface area contributed by atoms with Gasteiger partial charge in [0.2, 0.25) is 0 Å². The van der Waals surface area contributed by atoms with Gasteiger partial charge in [0.15, 0.2) is 0 Å². The van der Waals surface area contributed by atoms with Gasteiger partial charge >= 0.3 is 0 Å². The van der Waals surface area contributed by atoms with Gasteiger partial charge in [0.1, 0.15) is 0 Å². The number of nitrogens with one attached hydrogen (secondary N) is 1. The van der Waals surface area contributed by atoms with Crippen LogP contribution in [0.15, 0.2) is 22.7 Å². The van der Waals surface area contributed by atoms with Gasteiger partial charge in [0.05, 0.1) is 0 Å². The molecule has 1 aliphatic carbocycles. The summed E-state index contributed by atoms with van der Waals surface area (Å²) in [4.78, 5) is 0. The topological polar surface area (TPSA) is 38.0 Å². The second-order valence-corrected chi connectivity index (χ2v) is 5.59. The Morgan fingerprint density at radius 1 is 1.44 bits per heavy atom. The highest BCUT2D eigenvalue weighted by atomic mass is 79.9. The molecule has 0 bridgehead atoms. The maximum Gasteiger partial charge on any atom is 0.0487 e. The summed E-state index contributed by atoms with van der Waals surface area (Å²) in [6.45, 7) is 0.767. The maximum atomic E-state index is 5.91. The summed E-state index contributed by atoms with van der Waals surface area (Å²) < 4.78 is 1.02. The minimum absolute atomic E-state index is 0.502. The third-order valence-electron chi connectivity index (χ3n) is 3.23. The van der Waals surface area contributed by atoms with E-state index in [1.54, 1.807) is 0 Å². The van der Waals surface area contributed by atoms with Crippen molar-refractivity contribution in [1.82, 2.24) is 0 Å². The predicted molar refractivity (Wildman–Crippen MR) is 73.0 cm³/mol. The molecule has 2 unspecified atom stereocenters. The van der Waals surface area contributed by atoms with Crippen LogP contribution in [0.1, 0.15) is 19.3 Å². The van der Waals surface area contributed by atoms with Crippen molar-refractivity contribution in [2.75, 3.05) is 11.9 Å². The molecule has 0 radical (unpaired) electrons. The van der Waals surface area contributed by atoms with E-state index < -0.39 is 0 Å². The van der Waals surface area contributed by atoms with E-state index in [4.69, 9.17) is 17.3 Å². The van der Waals surface area contributed by atoms with Crippen LogP contribution in [0.2, 0.25) is 5.02 Å². The van der Waals surface area contributed by atoms with Crippen molar-refractivity contribution in [2.24, 2.45) is 11.7 Å². The van der Waals surface area contributed by atoms with Crippen LogP contribution in [0.3, 0.4) is 0 Å². The summed E-state index contributed by atoms with van der Waals surface area (Å²) in [6, 6.07) is 6.33. The molecule has 0 aromatic heterocycles. The molecule has 1 saturated carbocycles. The Morgan fingerprint density at radius 3 is 2.94 bits per heavy atom. The van der Waals surface area contributed by atoms with E-state index in [2.05, 4.69) is 21.2 Å². The Balaban J connectivity index is 2.08. The summed E-state index contributed by atoms with van der Waals surface area (Å²) in [6.07, 6.45) is 3.71. The Labute approximate surface area is 110 Å². The largest absolute Gasteiger partial charge is 0.381 e. The number of hydrogen-bond donors (Lipinski definition) is 2. The molecule has 4 heteroatoms. The molecule has 2 atom stereocenters. The van der Waals surface area contributed by atoms with Gasteiger partial charge in [-0.2, -0.15) is 0 Å². The number of nitrogens with two attached hydrogens (primary N) is 1. The molecule has 0 aliphatic heterocycles. The molecule has 2 nitrogen and oxygen atoms in total. The average molecular weight is 304 g/mol. The van der Waals surface area contributed by atoms with Crippen molar-refractivity contribution in [3.8, 4) is 0 Å². The van der Waals surface area contributed by atoms with Gasteiger partial charge in [-0.25, -0.2) is 0 Å². The molecule has 1 fully saturated rings. The van der Waals surface area contributed by atoms with Gasteiger partial charge in [-0.15, -0.1) is 0 Å². The van der Waals surface area contributed by atoms with E-state index in [0.717, 1.165) is 21.7 Å². The van der Waals surface area contributed by atoms with Gasteiger partial charge in [-0.1, -0.05) is 18.0 Å². The average Bonchev–Trinajstić information content (AvgIpc) is 2.69. The molecule has 1 aromatic carbocycles. The van der Waals surface area contributed by atoms with Crippen LogP contribution in [-0.2, 0) is 0 Å². The van der Waals surface area contributed by atoms with Crippen molar-refractivity contribution >= 4 is 33.2 Å². The minimum Gasteiger partial charge on any atom is -0.381 e. The SMILES string of the molecule is NCC1CCCC1Nc1ccc(Cl)cc1Br. The minimum atomic E-state index is 0.502. The Kier molecular flexibility index (Phi) is 4.11. The third kappa shape index (κ3) is 2.70. The second kappa shape index (κ2) is 5.39. The number of hydrogen-bond acceptors (Lipinski definition) is 2. The van der Waals surface area contributed by atoms with Crippen molar-refractivity contribution in [1.29, 1.82) is 0 Å². The lowest BCUT2D eigenvalue weighted by atomic mass is 10.0. The normalized spacial score (nSPS) is 24.7. The molecule has 0 spiro atoms. The molecule has 0 amide bonds. The summed E-state index contributed by atoms with van der Waals surface area (Å²) in [5.74, 6) is 0.600. The van der Waals surface area contributed by atoms with E-state index in [1.807, 2.05) is 18.2 Å². The summed E-state index contributed by atoms with van der Waals surface area (Å²) >= 11 is 9.43. The standard InChI is InChI=1S/C12H16BrClN2/c13-10-6-9(14)4-5-12(10)16-11-3-1-2-8(11)7-15/h4-6,8,11,16H,1-3,7,15H2. The zero-order valence-corrected chi connectivity index (χ0v) is 11.4. The molecule has 0 saturated heterocycles. The van der Waals surface area contributed by atoms with Crippen molar-refractivity contribution in [3.63, 3.8) is 0 Å². The van der Waals surface area contributed by atoms with Crippen molar-refractivity contribution in [2.45, 2.75) is 25.3 Å². The number of rotatable bonds is 3. The van der Waals surface area contributed by atoms with E-state index in [9.17, 15) is 0 Å². The first-order chi connectivity index (χ1) is 7.70. The Morgan fingerprint density at radius 2 is 2.25 bits per heavy atom. The fraction of sp³-hybridized carbons (Fsp3) is 0.500. The second-order valence-electron chi connectivity index (χ2n) is 4.30. The van der Waals surface area contributed by atoms with E-state index in [1.165, 1.54) is 19.3 Å². The first kappa shape index (κ1) is 12.2. The number of anilines is 1. The Bertz CT molecular complexity index is 370. The van der Waals surface area contributed by atoms with Gasteiger partial charge in [-0.3, -0.25) is 0 Å². The highest BCUT2D eigenvalue weighted by Crippen LogP contribution is 2.32. The van der Waals surface area contributed by atoms with E-state index >= 15 is 0 Å². The van der Waals surface area contributed by atoms with Gasteiger partial charge in [-0.05, 0) is 59.4 Å². The molecular formula is C12H16BrClN2. The van der Waals surface area contributed by atoms with Crippen LogP contribution in [0.25, 0.3) is 0 Å². The van der Waals surface area contributed by atoms with Crippen molar-refractivity contribution in [3.05, 3.63) is 27.7 Å². The zero-order chi connectivity index (χ0) is 11.5. The van der Waals surface area contributed by atoms with Crippen LogP contribution in [0.4, 0.5) is 5.69 Å². The molecule has 1 aliphatic rings. The highest BCUT2D eigenvalue weighted by molar-refractivity contribution is 9.10. The fourth-order valence-corrected chi connectivity index (χ4v) is 3.11. The fourth-order valence-electron chi connectivity index (χ4n) is 2.32. The van der Waals surface area contributed by atoms with E-state index in [0.29, 0.717) is 12.0 Å². The first-order valence-electron chi connectivity index (χ1n) is 5.62. The van der Waals surface area contributed by atoms with Gasteiger partial charge < -0.3 is 11.1 Å². The molecule has 16 heavy (non-hydrogen) atoms. The van der Waals surface area contributed by atoms with Crippen molar-refractivity contribution < 1.29 is 0 Å². The lowest BCUT2D eigenvalue weighted by Gasteiger charge is -2.21. The molecule has 0 heterocycles. The maximum absolute atomic E-state index is 5.91. The monoisotopic (exact) mass is 302 g/mol.